The van der Waals surface area contributed by atoms with E-state index in [1.54, 1.807) is 0 Å². The molecule has 0 aromatic carbocycles. The number of rotatable bonds is 2. The molecule has 0 unspecified atom stereocenters. The average Bonchev–Trinajstić information content (AvgIpc) is 2.16. The molecule has 0 spiro atoms. The van der Waals surface area contributed by atoms with Crippen molar-refractivity contribution in [3.63, 3.8) is 0 Å². The molecule has 0 aliphatic carbocycles. The van der Waals surface area contributed by atoms with Crippen molar-refractivity contribution in [2.24, 2.45) is 0 Å². The highest BCUT2D eigenvalue weighted by Gasteiger charge is 2.40. The summed E-state index contributed by atoms with van der Waals surface area (Å²) in [6.45, 7) is 0. The van der Waals surface area contributed by atoms with Gasteiger partial charge in [-0.1, -0.05) is 15.9 Å². The summed E-state index contributed by atoms with van der Waals surface area (Å²) in [7, 11) is 0. The molecule has 2 nitrogen and oxygen atoms in total. The molecule has 0 aliphatic rings. The largest absolute Gasteiger partial charge is 0.574 e. The van der Waals surface area contributed by atoms with Crippen LogP contribution in [0.25, 0.3) is 0 Å². The Bertz CT molecular complexity index is 446. The van der Waals surface area contributed by atoms with Gasteiger partial charge >= 0.3 is 12.5 Å². The molecular formula is C8H3BrF6INO. The molecule has 1 rings (SSSR count). The normalized spacial score (nSPS) is 12.7. The lowest BCUT2D eigenvalue weighted by atomic mass is 10.1. The molecule has 0 saturated carbocycles. The molecule has 0 fully saturated rings. The van der Waals surface area contributed by atoms with Crippen LogP contribution in [0.5, 0.6) is 5.88 Å². The number of aromatic nitrogens is 1. The zero-order valence-electron chi connectivity index (χ0n) is 8.16. The van der Waals surface area contributed by atoms with Crippen LogP contribution < -0.4 is 4.74 Å². The van der Waals surface area contributed by atoms with E-state index in [1.165, 1.54) is 22.6 Å². The summed E-state index contributed by atoms with van der Waals surface area (Å²) >= 11 is 4.05. The lowest BCUT2D eigenvalue weighted by Gasteiger charge is -2.17. The Balaban J connectivity index is 3.39. The Morgan fingerprint density at radius 3 is 2.17 bits per heavy atom. The molecule has 0 radical (unpaired) electrons. The predicted molar refractivity (Wildman–Crippen MR) is 61.3 cm³/mol. The van der Waals surface area contributed by atoms with Crippen molar-refractivity contribution < 1.29 is 31.1 Å². The van der Waals surface area contributed by atoms with Gasteiger partial charge in [-0.3, -0.25) is 0 Å². The third-order valence-electron chi connectivity index (χ3n) is 1.72. The Hall–Kier alpha value is -0.260. The smallest absolute Gasteiger partial charge is 0.388 e. The van der Waals surface area contributed by atoms with Gasteiger partial charge in [0.2, 0.25) is 5.88 Å². The van der Waals surface area contributed by atoms with E-state index >= 15 is 0 Å². The second kappa shape index (κ2) is 5.39. The fourth-order valence-corrected chi connectivity index (χ4v) is 2.43. The predicted octanol–water partition coefficient (Wildman–Crippen LogP) is 4.50. The monoisotopic (exact) mass is 449 g/mol. The maximum absolute atomic E-state index is 12.7. The molecule has 102 valence electrons. The number of nitrogens with zero attached hydrogens (tertiary/aromatic N) is 1. The summed E-state index contributed by atoms with van der Waals surface area (Å²) in [5, 5.41) is -0.461. The van der Waals surface area contributed by atoms with E-state index in [0.717, 1.165) is 0 Å². The topological polar surface area (TPSA) is 22.1 Å². The number of pyridine rings is 1. The molecular weight excluding hydrogens is 447 g/mol. The first kappa shape index (κ1) is 15.8. The van der Waals surface area contributed by atoms with Crippen LogP contribution in [-0.2, 0) is 11.5 Å². The van der Waals surface area contributed by atoms with Crippen molar-refractivity contribution in [3.05, 3.63) is 20.9 Å². The lowest BCUT2D eigenvalue weighted by molar-refractivity contribution is -0.276. The average molecular weight is 450 g/mol. The van der Waals surface area contributed by atoms with Crippen LogP contribution >= 0.6 is 38.5 Å². The van der Waals surface area contributed by atoms with Gasteiger partial charge in [-0.25, -0.2) is 4.98 Å². The van der Waals surface area contributed by atoms with Gasteiger partial charge in [0.05, 0.1) is 5.56 Å². The number of halogens is 8. The van der Waals surface area contributed by atoms with E-state index in [1.807, 2.05) is 0 Å². The minimum absolute atomic E-state index is 0.302. The fourth-order valence-electron chi connectivity index (χ4n) is 1.14. The van der Waals surface area contributed by atoms with Crippen LogP contribution in [0.2, 0.25) is 0 Å². The van der Waals surface area contributed by atoms with Gasteiger partial charge in [-0.15, -0.1) is 13.2 Å². The Labute approximate surface area is 119 Å². The van der Waals surface area contributed by atoms with Gasteiger partial charge in [0, 0.05) is 20.7 Å². The highest BCUT2D eigenvalue weighted by Crippen LogP contribution is 2.40. The summed E-state index contributed by atoms with van der Waals surface area (Å²) in [6, 6.07) is 0. The first-order valence-electron chi connectivity index (χ1n) is 4.12. The van der Waals surface area contributed by atoms with Gasteiger partial charge in [0.15, 0.2) is 0 Å². The minimum atomic E-state index is -5.10. The summed E-state index contributed by atoms with van der Waals surface area (Å²) in [5.41, 5.74) is -1.87. The molecule has 1 aromatic rings. The summed E-state index contributed by atoms with van der Waals surface area (Å²) < 4.78 is 77.4. The van der Waals surface area contributed by atoms with Crippen LogP contribution in [-0.4, -0.2) is 11.3 Å². The molecule has 18 heavy (non-hydrogen) atoms. The number of ether oxygens (including phenoxy) is 1. The Morgan fingerprint density at radius 1 is 1.22 bits per heavy atom. The maximum atomic E-state index is 12.7. The second-order valence-corrected chi connectivity index (χ2v) is 4.67. The molecule has 0 N–H and O–H groups in total. The van der Waals surface area contributed by atoms with E-state index in [0.29, 0.717) is 6.20 Å². The van der Waals surface area contributed by atoms with Crippen molar-refractivity contribution in [2.75, 3.05) is 0 Å². The summed E-state index contributed by atoms with van der Waals surface area (Å²) in [6.07, 6.45) is -9.21. The highest BCUT2D eigenvalue weighted by atomic mass is 127. The van der Waals surface area contributed by atoms with Gasteiger partial charge in [0.25, 0.3) is 0 Å². The van der Waals surface area contributed by atoms with Crippen LogP contribution in [0.1, 0.15) is 11.1 Å². The Morgan fingerprint density at radius 2 is 1.78 bits per heavy atom. The standard InChI is InChI=1S/C8H3BrF6INO/c9-1-3-5(7(10,11)12)4(16)2-17-6(3)18-8(13,14)15/h2H,1H2. The van der Waals surface area contributed by atoms with E-state index in [9.17, 15) is 26.3 Å². The molecule has 0 atom stereocenters. The molecule has 1 aromatic heterocycles. The zero-order chi connectivity index (χ0) is 14.1. The first-order valence-corrected chi connectivity index (χ1v) is 6.32. The third kappa shape index (κ3) is 3.87. The molecule has 0 saturated heterocycles. The van der Waals surface area contributed by atoms with Crippen LogP contribution in [0.3, 0.4) is 0 Å². The van der Waals surface area contributed by atoms with Crippen LogP contribution in [0, 0.1) is 3.57 Å². The number of hydrogen-bond acceptors (Lipinski definition) is 2. The maximum Gasteiger partial charge on any atom is 0.574 e. The quantitative estimate of drug-likeness (QED) is 0.377. The van der Waals surface area contributed by atoms with Gasteiger partial charge in [0.1, 0.15) is 0 Å². The molecule has 0 amide bonds. The second-order valence-electron chi connectivity index (χ2n) is 2.94. The summed E-state index contributed by atoms with van der Waals surface area (Å²) in [5.74, 6) is -1.10. The van der Waals surface area contributed by atoms with Crippen molar-refractivity contribution >= 4 is 38.5 Å². The van der Waals surface area contributed by atoms with Gasteiger partial charge in [-0.05, 0) is 22.6 Å². The molecule has 10 heteroatoms. The van der Waals surface area contributed by atoms with Crippen molar-refractivity contribution in [1.82, 2.24) is 4.98 Å². The van der Waals surface area contributed by atoms with E-state index in [2.05, 4.69) is 25.7 Å². The van der Waals surface area contributed by atoms with Gasteiger partial charge in [-0.2, -0.15) is 13.2 Å². The molecule has 0 bridgehead atoms. The number of alkyl halides is 7. The van der Waals surface area contributed by atoms with Crippen molar-refractivity contribution in [1.29, 1.82) is 0 Å². The molecule has 1 heterocycles. The van der Waals surface area contributed by atoms with E-state index < -0.39 is 34.9 Å². The number of hydrogen-bond donors (Lipinski definition) is 0. The van der Waals surface area contributed by atoms with Crippen LogP contribution in [0.15, 0.2) is 6.20 Å². The Kier molecular flexibility index (Phi) is 4.73. The zero-order valence-corrected chi connectivity index (χ0v) is 11.9. The third-order valence-corrected chi connectivity index (χ3v) is 3.10. The van der Waals surface area contributed by atoms with E-state index in [-0.39, 0.29) is 3.57 Å². The van der Waals surface area contributed by atoms with Gasteiger partial charge < -0.3 is 4.74 Å². The first-order chi connectivity index (χ1) is 8.06. The SMILES string of the molecule is FC(F)(F)Oc1ncc(I)c(C(F)(F)F)c1CBr. The van der Waals surface area contributed by atoms with Crippen molar-refractivity contribution in [2.45, 2.75) is 17.9 Å². The molecule has 0 aliphatic heterocycles. The van der Waals surface area contributed by atoms with E-state index in [4.69, 9.17) is 0 Å². The fraction of sp³-hybridized carbons (Fsp3) is 0.375. The minimum Gasteiger partial charge on any atom is -0.388 e. The van der Waals surface area contributed by atoms with Crippen molar-refractivity contribution in [3.8, 4) is 5.88 Å². The van der Waals surface area contributed by atoms with Crippen LogP contribution in [0.4, 0.5) is 26.3 Å². The highest BCUT2D eigenvalue weighted by molar-refractivity contribution is 14.1. The summed E-state index contributed by atoms with van der Waals surface area (Å²) in [4.78, 5) is 3.23. The lowest BCUT2D eigenvalue weighted by Crippen LogP contribution is -2.21.